The monoisotopic (exact) mass is 216 g/mol. The molecule has 0 fully saturated rings. The lowest BCUT2D eigenvalue weighted by molar-refractivity contribution is -0.141. The van der Waals surface area contributed by atoms with Gasteiger partial charge in [-0.1, -0.05) is 23.2 Å². The summed E-state index contributed by atoms with van der Waals surface area (Å²) in [5.41, 5.74) is -1.16. The Labute approximate surface area is 75.3 Å². The first-order valence-corrected chi connectivity index (χ1v) is 3.42. The predicted octanol–water partition coefficient (Wildman–Crippen LogP) is 2.80. The molecule has 12 heavy (non-hydrogen) atoms. The molecule has 0 radical (unpaired) electrons. The molecule has 0 spiro atoms. The van der Waals surface area contributed by atoms with Crippen LogP contribution in [0, 0.1) is 0 Å². The molecule has 66 valence electrons. The van der Waals surface area contributed by atoms with Gasteiger partial charge in [0.1, 0.15) is 0 Å². The van der Waals surface area contributed by atoms with Gasteiger partial charge in [-0.05, 0) is 0 Å². The number of hydrogen-bond donors (Lipinski definition) is 0. The Morgan fingerprint density at radius 2 is 1.75 bits per heavy atom. The average molecular weight is 217 g/mol. The molecule has 0 aliphatic rings. The van der Waals surface area contributed by atoms with Crippen molar-refractivity contribution < 1.29 is 13.2 Å². The molecule has 2 nitrogen and oxygen atoms in total. The highest BCUT2D eigenvalue weighted by Crippen LogP contribution is 2.29. The van der Waals surface area contributed by atoms with Gasteiger partial charge in [0.25, 0.3) is 0 Å². The quantitative estimate of drug-likeness (QED) is 0.667. The van der Waals surface area contributed by atoms with Gasteiger partial charge < -0.3 is 0 Å². The normalized spacial score (nSPS) is 11.8. The summed E-state index contributed by atoms with van der Waals surface area (Å²) in [4.78, 5) is 6.19. The standard InChI is InChI=1S/C5HCl2F3N2/c6-3-4(7)12-2(1-11-3)5(8,9)10/h1H. The highest BCUT2D eigenvalue weighted by atomic mass is 35.5. The number of hydrogen-bond acceptors (Lipinski definition) is 2. The minimum Gasteiger partial charge on any atom is -0.239 e. The van der Waals surface area contributed by atoms with E-state index in [1.54, 1.807) is 0 Å². The molecule has 0 amide bonds. The lowest BCUT2D eigenvalue weighted by atomic mass is 10.4. The Morgan fingerprint density at radius 3 is 2.17 bits per heavy atom. The molecule has 0 atom stereocenters. The smallest absolute Gasteiger partial charge is 0.239 e. The Hall–Kier alpha value is -0.550. The van der Waals surface area contributed by atoms with E-state index < -0.39 is 17.0 Å². The summed E-state index contributed by atoms with van der Waals surface area (Å²) in [5, 5.41) is -0.698. The Morgan fingerprint density at radius 1 is 1.17 bits per heavy atom. The van der Waals surface area contributed by atoms with Crippen LogP contribution in [-0.4, -0.2) is 9.97 Å². The Bertz CT molecular complexity index is 299. The minimum absolute atomic E-state index is 0.246. The van der Waals surface area contributed by atoms with Crippen LogP contribution in [0.15, 0.2) is 6.20 Å². The topological polar surface area (TPSA) is 25.8 Å². The van der Waals surface area contributed by atoms with Crippen LogP contribution in [0.2, 0.25) is 10.3 Å². The third kappa shape index (κ3) is 1.98. The fraction of sp³-hybridized carbons (Fsp3) is 0.200. The third-order valence-electron chi connectivity index (χ3n) is 0.979. The van der Waals surface area contributed by atoms with Gasteiger partial charge in [-0.3, -0.25) is 0 Å². The fourth-order valence-electron chi connectivity index (χ4n) is 0.488. The van der Waals surface area contributed by atoms with Crippen molar-refractivity contribution in [1.82, 2.24) is 9.97 Å². The van der Waals surface area contributed by atoms with E-state index in [4.69, 9.17) is 23.2 Å². The van der Waals surface area contributed by atoms with Crippen LogP contribution in [0.1, 0.15) is 5.69 Å². The molecule has 0 saturated heterocycles. The van der Waals surface area contributed by atoms with Gasteiger partial charge in [0.15, 0.2) is 16.0 Å². The van der Waals surface area contributed by atoms with Crippen LogP contribution in [0.4, 0.5) is 13.2 Å². The molecule has 0 unspecified atom stereocenters. The molecule has 1 rings (SSSR count). The summed E-state index contributed by atoms with van der Waals surface area (Å²) in [6.07, 6.45) is -4.02. The number of alkyl halides is 3. The third-order valence-corrected chi connectivity index (χ3v) is 1.62. The number of halogens is 5. The molecule has 1 heterocycles. The van der Waals surface area contributed by atoms with Gasteiger partial charge >= 0.3 is 6.18 Å². The van der Waals surface area contributed by atoms with Crippen LogP contribution in [0.3, 0.4) is 0 Å². The van der Waals surface area contributed by atoms with E-state index in [9.17, 15) is 13.2 Å². The second-order valence-corrected chi connectivity index (χ2v) is 2.55. The van der Waals surface area contributed by atoms with Crippen molar-refractivity contribution in [2.24, 2.45) is 0 Å². The SMILES string of the molecule is FC(F)(F)c1cnc(Cl)c(Cl)n1. The first kappa shape index (κ1) is 9.54. The molecule has 0 aromatic carbocycles. The van der Waals surface area contributed by atoms with Crippen molar-refractivity contribution >= 4 is 23.2 Å². The molecule has 0 bridgehead atoms. The highest BCUT2D eigenvalue weighted by molar-refractivity contribution is 6.40. The van der Waals surface area contributed by atoms with Crippen molar-refractivity contribution in [2.45, 2.75) is 6.18 Å². The molecule has 7 heteroatoms. The molecule has 0 aliphatic carbocycles. The number of aromatic nitrogens is 2. The van der Waals surface area contributed by atoms with E-state index in [-0.39, 0.29) is 5.15 Å². The van der Waals surface area contributed by atoms with Crippen LogP contribution >= 0.6 is 23.2 Å². The lowest BCUT2D eigenvalue weighted by Gasteiger charge is -2.04. The van der Waals surface area contributed by atoms with Crippen LogP contribution < -0.4 is 0 Å². The van der Waals surface area contributed by atoms with Crippen molar-refractivity contribution in [3.63, 3.8) is 0 Å². The summed E-state index contributed by atoms with van der Waals surface area (Å²) >= 11 is 10.5. The van der Waals surface area contributed by atoms with Crippen LogP contribution in [0.5, 0.6) is 0 Å². The first-order chi connectivity index (χ1) is 5.41. The van der Waals surface area contributed by atoms with E-state index in [1.807, 2.05) is 0 Å². The predicted molar refractivity (Wildman–Crippen MR) is 37.1 cm³/mol. The van der Waals surface area contributed by atoms with Crippen LogP contribution in [-0.2, 0) is 6.18 Å². The molecule has 0 N–H and O–H groups in total. The first-order valence-electron chi connectivity index (χ1n) is 2.66. The fourth-order valence-corrected chi connectivity index (χ4v) is 0.719. The van der Waals surface area contributed by atoms with E-state index in [0.717, 1.165) is 0 Å². The molecular formula is C5HCl2F3N2. The van der Waals surface area contributed by atoms with E-state index in [1.165, 1.54) is 0 Å². The zero-order valence-corrected chi connectivity index (χ0v) is 6.87. The molecule has 0 aliphatic heterocycles. The van der Waals surface area contributed by atoms with Crippen molar-refractivity contribution in [3.8, 4) is 0 Å². The van der Waals surface area contributed by atoms with Gasteiger partial charge in [0.2, 0.25) is 0 Å². The van der Waals surface area contributed by atoms with E-state index >= 15 is 0 Å². The van der Waals surface area contributed by atoms with Crippen molar-refractivity contribution in [2.75, 3.05) is 0 Å². The van der Waals surface area contributed by atoms with Crippen molar-refractivity contribution in [1.29, 1.82) is 0 Å². The summed E-state index contributed by atoms with van der Waals surface area (Å²) in [6, 6.07) is 0. The van der Waals surface area contributed by atoms with Crippen LogP contribution in [0.25, 0.3) is 0 Å². The minimum atomic E-state index is -4.54. The maximum absolute atomic E-state index is 11.9. The highest BCUT2D eigenvalue weighted by Gasteiger charge is 2.33. The van der Waals surface area contributed by atoms with Gasteiger partial charge in [0.05, 0.1) is 6.20 Å². The summed E-state index contributed by atoms with van der Waals surface area (Å²) in [6.45, 7) is 0. The number of rotatable bonds is 0. The lowest BCUT2D eigenvalue weighted by Crippen LogP contribution is -2.08. The molecule has 1 aromatic rings. The maximum Gasteiger partial charge on any atom is 0.434 e. The average Bonchev–Trinajstić information content (AvgIpc) is 1.92. The second-order valence-electron chi connectivity index (χ2n) is 1.83. The van der Waals surface area contributed by atoms with Crippen molar-refractivity contribution in [3.05, 3.63) is 22.2 Å². The van der Waals surface area contributed by atoms with Gasteiger partial charge in [-0.25, -0.2) is 9.97 Å². The van der Waals surface area contributed by atoms with E-state index in [2.05, 4.69) is 9.97 Å². The molecule has 0 saturated carbocycles. The number of nitrogens with zero attached hydrogens (tertiary/aromatic N) is 2. The summed E-state index contributed by atoms with van der Waals surface area (Å²) in [7, 11) is 0. The molecular weight excluding hydrogens is 216 g/mol. The zero-order valence-electron chi connectivity index (χ0n) is 5.36. The summed E-state index contributed by atoms with van der Waals surface area (Å²) < 4.78 is 35.7. The largest absolute Gasteiger partial charge is 0.434 e. The van der Waals surface area contributed by atoms with E-state index in [0.29, 0.717) is 6.20 Å². The van der Waals surface area contributed by atoms with Gasteiger partial charge in [-0.15, -0.1) is 0 Å². The molecule has 1 aromatic heterocycles. The summed E-state index contributed by atoms with van der Waals surface area (Å²) in [5.74, 6) is 0. The second kappa shape index (κ2) is 3.06. The van der Waals surface area contributed by atoms with Gasteiger partial charge in [-0.2, -0.15) is 13.2 Å². The zero-order chi connectivity index (χ0) is 9.35. The Kier molecular flexibility index (Phi) is 2.44. The Balaban J connectivity index is 3.14. The maximum atomic E-state index is 11.9. The van der Waals surface area contributed by atoms with Gasteiger partial charge in [0, 0.05) is 0 Å².